The summed E-state index contributed by atoms with van der Waals surface area (Å²) < 4.78 is 4.61. The minimum Gasteiger partial charge on any atom is -0.325 e. The maximum atomic E-state index is 5.79. The van der Waals surface area contributed by atoms with Gasteiger partial charge in [-0.05, 0) is 28.1 Å². The molecule has 0 amide bonds. The molecule has 0 saturated carbocycles. The maximum Gasteiger partial charge on any atom is 0.176 e. The number of pyridine rings is 1. The van der Waals surface area contributed by atoms with Crippen LogP contribution in [0.15, 0.2) is 41.3 Å². The smallest absolute Gasteiger partial charge is 0.176 e. The summed E-state index contributed by atoms with van der Waals surface area (Å²) in [5.74, 6) is 0.768. The van der Waals surface area contributed by atoms with Gasteiger partial charge in [-0.15, -0.1) is 0 Å². The lowest BCUT2D eigenvalue weighted by molar-refractivity contribution is 0.825. The first-order chi connectivity index (χ1) is 8.29. The van der Waals surface area contributed by atoms with Crippen LogP contribution in [0.25, 0.3) is 11.5 Å². The van der Waals surface area contributed by atoms with Crippen LogP contribution in [0.4, 0.5) is 0 Å². The van der Waals surface area contributed by atoms with Gasteiger partial charge in [0, 0.05) is 18.9 Å². The number of hydrogen-bond donors (Lipinski definition) is 1. The molecule has 0 fully saturated rings. The van der Waals surface area contributed by atoms with Gasteiger partial charge >= 0.3 is 0 Å². The Morgan fingerprint density at radius 2 is 2.24 bits per heavy atom. The molecular weight excluding hydrogens is 282 g/mol. The van der Waals surface area contributed by atoms with Gasteiger partial charge in [0.25, 0.3) is 0 Å². The molecule has 3 aromatic heterocycles. The predicted octanol–water partition coefficient (Wildman–Crippen LogP) is 1.74. The Bertz CT molecular complexity index is 669. The molecule has 0 aliphatic carbocycles. The number of halogens is 1. The van der Waals surface area contributed by atoms with Crippen molar-refractivity contribution in [1.29, 1.82) is 0 Å². The van der Waals surface area contributed by atoms with E-state index in [1.807, 2.05) is 35.0 Å². The van der Waals surface area contributed by atoms with E-state index < -0.39 is 0 Å². The molecule has 0 radical (unpaired) electrons. The molecule has 0 aromatic carbocycles. The van der Waals surface area contributed by atoms with E-state index in [-0.39, 0.29) is 0 Å². The van der Waals surface area contributed by atoms with Gasteiger partial charge in [0.2, 0.25) is 0 Å². The molecule has 0 aliphatic rings. The number of imidazole rings is 1. The van der Waals surface area contributed by atoms with Crippen molar-refractivity contribution in [3.63, 3.8) is 0 Å². The molecule has 0 unspecified atom stereocenters. The SMILES string of the molecule is NCc1c(-n2cc(Br)cn2)nc2ccccn12. The Hall–Kier alpha value is -1.66. The predicted molar refractivity (Wildman–Crippen MR) is 67.9 cm³/mol. The van der Waals surface area contributed by atoms with E-state index in [4.69, 9.17) is 5.73 Å². The molecule has 0 atom stereocenters. The highest BCUT2D eigenvalue weighted by Crippen LogP contribution is 2.17. The van der Waals surface area contributed by atoms with Crippen molar-refractivity contribution in [1.82, 2.24) is 19.2 Å². The van der Waals surface area contributed by atoms with Crippen molar-refractivity contribution in [2.45, 2.75) is 6.54 Å². The van der Waals surface area contributed by atoms with Crippen LogP contribution in [-0.2, 0) is 6.54 Å². The second kappa shape index (κ2) is 3.97. The fraction of sp³-hybridized carbons (Fsp3) is 0.0909. The summed E-state index contributed by atoms with van der Waals surface area (Å²) in [6.45, 7) is 0.415. The van der Waals surface area contributed by atoms with E-state index in [1.165, 1.54) is 0 Å². The number of nitrogens with zero attached hydrogens (tertiary/aromatic N) is 4. The Morgan fingerprint density at radius 1 is 1.35 bits per heavy atom. The fourth-order valence-corrected chi connectivity index (χ4v) is 2.11. The van der Waals surface area contributed by atoms with Crippen LogP contribution >= 0.6 is 15.9 Å². The van der Waals surface area contributed by atoms with Crippen molar-refractivity contribution in [2.24, 2.45) is 5.73 Å². The monoisotopic (exact) mass is 291 g/mol. The van der Waals surface area contributed by atoms with Gasteiger partial charge in [0.1, 0.15) is 5.65 Å². The Labute approximate surface area is 106 Å². The summed E-state index contributed by atoms with van der Waals surface area (Å²) in [5.41, 5.74) is 7.60. The van der Waals surface area contributed by atoms with Gasteiger partial charge in [0.05, 0.1) is 16.4 Å². The summed E-state index contributed by atoms with van der Waals surface area (Å²) in [5, 5.41) is 4.23. The van der Waals surface area contributed by atoms with Crippen molar-refractivity contribution in [2.75, 3.05) is 0 Å². The minimum absolute atomic E-state index is 0.415. The second-order valence-electron chi connectivity index (χ2n) is 3.62. The molecule has 0 bridgehead atoms. The van der Waals surface area contributed by atoms with E-state index in [9.17, 15) is 0 Å². The summed E-state index contributed by atoms with van der Waals surface area (Å²) in [6, 6.07) is 5.85. The minimum atomic E-state index is 0.415. The summed E-state index contributed by atoms with van der Waals surface area (Å²) in [4.78, 5) is 4.53. The van der Waals surface area contributed by atoms with Crippen molar-refractivity contribution in [3.8, 4) is 5.82 Å². The van der Waals surface area contributed by atoms with E-state index in [0.29, 0.717) is 6.54 Å². The van der Waals surface area contributed by atoms with E-state index >= 15 is 0 Å². The van der Waals surface area contributed by atoms with Crippen molar-refractivity contribution < 1.29 is 0 Å². The molecule has 0 aliphatic heterocycles. The first-order valence-electron chi connectivity index (χ1n) is 5.16. The Morgan fingerprint density at radius 3 is 2.94 bits per heavy atom. The lowest BCUT2D eigenvalue weighted by Gasteiger charge is -2.00. The summed E-state index contributed by atoms with van der Waals surface area (Å²) in [6.07, 6.45) is 5.54. The topological polar surface area (TPSA) is 61.1 Å². The van der Waals surface area contributed by atoms with Crippen molar-refractivity contribution in [3.05, 3.63) is 47.0 Å². The summed E-state index contributed by atoms with van der Waals surface area (Å²) in [7, 11) is 0. The quantitative estimate of drug-likeness (QED) is 0.782. The largest absolute Gasteiger partial charge is 0.325 e. The zero-order chi connectivity index (χ0) is 11.8. The molecule has 17 heavy (non-hydrogen) atoms. The molecule has 0 spiro atoms. The van der Waals surface area contributed by atoms with Crippen LogP contribution in [0.2, 0.25) is 0 Å². The van der Waals surface area contributed by atoms with E-state index in [2.05, 4.69) is 26.0 Å². The van der Waals surface area contributed by atoms with Crippen LogP contribution in [-0.4, -0.2) is 19.2 Å². The first kappa shape index (κ1) is 10.5. The van der Waals surface area contributed by atoms with Gasteiger partial charge in [-0.25, -0.2) is 9.67 Å². The normalized spacial score (nSPS) is 11.2. The molecule has 3 aromatic rings. The van der Waals surface area contributed by atoms with Gasteiger partial charge in [-0.2, -0.15) is 5.10 Å². The molecule has 3 rings (SSSR count). The van der Waals surface area contributed by atoms with Crippen LogP contribution in [0.3, 0.4) is 0 Å². The molecule has 2 N–H and O–H groups in total. The van der Waals surface area contributed by atoms with Crippen LogP contribution in [0, 0.1) is 0 Å². The molecular formula is C11H10BrN5. The highest BCUT2D eigenvalue weighted by molar-refractivity contribution is 9.10. The molecule has 3 heterocycles. The Balaban J connectivity index is 2.29. The van der Waals surface area contributed by atoms with Crippen molar-refractivity contribution >= 4 is 21.6 Å². The zero-order valence-electron chi connectivity index (χ0n) is 8.92. The number of aromatic nitrogens is 4. The second-order valence-corrected chi connectivity index (χ2v) is 4.53. The van der Waals surface area contributed by atoms with Crippen LogP contribution in [0.5, 0.6) is 0 Å². The first-order valence-corrected chi connectivity index (χ1v) is 5.95. The average molecular weight is 292 g/mol. The van der Waals surface area contributed by atoms with E-state index in [1.54, 1.807) is 10.9 Å². The van der Waals surface area contributed by atoms with Gasteiger partial charge in [-0.3, -0.25) is 0 Å². The van der Waals surface area contributed by atoms with Crippen LogP contribution in [0.1, 0.15) is 5.69 Å². The summed E-state index contributed by atoms with van der Waals surface area (Å²) >= 11 is 3.37. The number of rotatable bonds is 2. The standard InChI is InChI=1S/C11H10BrN5/c12-8-6-14-17(7-8)11-9(5-13)16-4-2-1-3-10(16)15-11/h1-4,6-7H,5,13H2. The highest BCUT2D eigenvalue weighted by atomic mass is 79.9. The molecule has 86 valence electrons. The number of hydrogen-bond acceptors (Lipinski definition) is 3. The third-order valence-corrected chi connectivity index (χ3v) is 2.98. The fourth-order valence-electron chi connectivity index (χ4n) is 1.82. The van der Waals surface area contributed by atoms with Gasteiger partial charge < -0.3 is 10.1 Å². The third-order valence-electron chi connectivity index (χ3n) is 2.57. The maximum absolute atomic E-state index is 5.79. The lowest BCUT2D eigenvalue weighted by atomic mass is 10.4. The van der Waals surface area contributed by atoms with Gasteiger partial charge in [-0.1, -0.05) is 6.07 Å². The van der Waals surface area contributed by atoms with Gasteiger partial charge in [0.15, 0.2) is 5.82 Å². The highest BCUT2D eigenvalue weighted by Gasteiger charge is 2.12. The molecule has 6 heteroatoms. The third kappa shape index (κ3) is 1.65. The zero-order valence-corrected chi connectivity index (χ0v) is 10.5. The molecule has 0 saturated heterocycles. The number of fused-ring (bicyclic) bond motifs is 1. The van der Waals surface area contributed by atoms with E-state index in [0.717, 1.165) is 21.6 Å². The number of nitrogens with two attached hydrogens (primary N) is 1. The molecule has 5 nitrogen and oxygen atoms in total. The lowest BCUT2D eigenvalue weighted by Crippen LogP contribution is -2.06. The van der Waals surface area contributed by atoms with Crippen LogP contribution < -0.4 is 5.73 Å². The average Bonchev–Trinajstić information content (AvgIpc) is 2.91. The Kier molecular flexibility index (Phi) is 2.45.